The Bertz CT molecular complexity index is 151. The summed E-state index contributed by atoms with van der Waals surface area (Å²) in [4.78, 5) is 0. The quantitative estimate of drug-likeness (QED) is 0.624. The predicted octanol–water partition coefficient (Wildman–Crippen LogP) is 2.21. The summed E-state index contributed by atoms with van der Waals surface area (Å²) >= 11 is 0. The molecule has 0 aromatic carbocycles. The lowest BCUT2D eigenvalue weighted by Gasteiger charge is -2.44. The molecule has 0 atom stereocenters. The third kappa shape index (κ3) is 1.83. The van der Waals surface area contributed by atoms with Gasteiger partial charge in [0.05, 0.1) is 0 Å². The van der Waals surface area contributed by atoms with Crippen molar-refractivity contribution in [3.63, 3.8) is 0 Å². The SMILES string of the molecule is CC1([Si](C)(C)O[SiH3])CCCCC1. The third-order valence-corrected chi connectivity index (χ3v) is 11.4. The molecule has 1 aliphatic rings. The lowest BCUT2D eigenvalue weighted by molar-refractivity contribution is 0.355. The average molecular weight is 202 g/mol. The minimum atomic E-state index is -1.34. The molecule has 0 aromatic heterocycles. The van der Waals surface area contributed by atoms with E-state index >= 15 is 0 Å². The maximum atomic E-state index is 5.86. The average Bonchev–Trinajstić information content (AvgIpc) is 2.06. The molecule has 0 amide bonds. The van der Waals surface area contributed by atoms with Gasteiger partial charge in [-0.05, 0) is 31.0 Å². The van der Waals surface area contributed by atoms with Gasteiger partial charge in [-0.2, -0.15) is 0 Å². The van der Waals surface area contributed by atoms with Crippen molar-refractivity contribution >= 4 is 18.8 Å². The maximum absolute atomic E-state index is 5.86. The maximum Gasteiger partial charge on any atom is 0.178 e. The van der Waals surface area contributed by atoms with Crippen LogP contribution in [0.1, 0.15) is 39.0 Å². The second-order valence-corrected chi connectivity index (χ2v) is 10.7. The van der Waals surface area contributed by atoms with E-state index in [9.17, 15) is 0 Å². The van der Waals surface area contributed by atoms with Gasteiger partial charge in [-0.3, -0.25) is 0 Å². The zero-order valence-electron chi connectivity index (χ0n) is 8.94. The van der Waals surface area contributed by atoms with Crippen molar-refractivity contribution < 1.29 is 4.12 Å². The van der Waals surface area contributed by atoms with Gasteiger partial charge in [0.2, 0.25) is 0 Å². The summed E-state index contributed by atoms with van der Waals surface area (Å²) in [5.41, 5.74) is 0. The number of rotatable bonds is 2. The van der Waals surface area contributed by atoms with Crippen molar-refractivity contribution in [1.29, 1.82) is 0 Å². The van der Waals surface area contributed by atoms with E-state index in [-0.39, 0.29) is 0 Å². The highest BCUT2D eigenvalue weighted by atomic mass is 28.4. The van der Waals surface area contributed by atoms with Crippen molar-refractivity contribution in [3.05, 3.63) is 0 Å². The van der Waals surface area contributed by atoms with Gasteiger partial charge in [0.15, 0.2) is 8.32 Å². The summed E-state index contributed by atoms with van der Waals surface area (Å²) in [6, 6.07) is 0. The molecule has 1 fully saturated rings. The van der Waals surface area contributed by atoms with Crippen LogP contribution in [0.3, 0.4) is 0 Å². The highest BCUT2D eigenvalue weighted by molar-refractivity contribution is 6.76. The topological polar surface area (TPSA) is 9.23 Å². The van der Waals surface area contributed by atoms with Gasteiger partial charge in [0.25, 0.3) is 0 Å². The zero-order valence-corrected chi connectivity index (χ0v) is 11.9. The van der Waals surface area contributed by atoms with Crippen LogP contribution in [-0.4, -0.2) is 18.8 Å². The molecular weight excluding hydrogens is 180 g/mol. The number of hydrogen-bond acceptors (Lipinski definition) is 1. The second kappa shape index (κ2) is 3.64. The van der Waals surface area contributed by atoms with E-state index in [2.05, 4.69) is 20.0 Å². The van der Waals surface area contributed by atoms with Gasteiger partial charge in [0, 0.05) is 0 Å². The van der Waals surface area contributed by atoms with Gasteiger partial charge in [-0.15, -0.1) is 0 Å². The zero-order chi connectivity index (χ0) is 9.24. The fourth-order valence-corrected chi connectivity index (χ4v) is 5.71. The molecule has 0 saturated heterocycles. The minimum absolute atomic E-state index is 0.576. The molecule has 0 N–H and O–H groups in total. The van der Waals surface area contributed by atoms with E-state index in [0.717, 1.165) is 10.5 Å². The molecule has 72 valence electrons. The van der Waals surface area contributed by atoms with E-state index in [0.29, 0.717) is 5.04 Å². The fourth-order valence-electron chi connectivity index (χ4n) is 2.18. The highest BCUT2D eigenvalue weighted by Crippen LogP contribution is 2.49. The van der Waals surface area contributed by atoms with Crippen molar-refractivity contribution in [2.24, 2.45) is 0 Å². The Labute approximate surface area is 80.6 Å². The molecule has 0 spiro atoms. The van der Waals surface area contributed by atoms with E-state index in [1.54, 1.807) is 0 Å². The number of hydrogen-bond donors (Lipinski definition) is 0. The van der Waals surface area contributed by atoms with Crippen molar-refractivity contribution in [3.8, 4) is 0 Å². The molecule has 0 aromatic rings. The van der Waals surface area contributed by atoms with Crippen molar-refractivity contribution in [2.45, 2.75) is 57.2 Å². The Hall–Kier alpha value is 0.394. The molecule has 1 saturated carbocycles. The molecule has 0 heterocycles. The van der Waals surface area contributed by atoms with Crippen LogP contribution >= 0.6 is 0 Å². The van der Waals surface area contributed by atoms with Crippen LogP contribution in [0.4, 0.5) is 0 Å². The Kier molecular flexibility index (Phi) is 3.18. The summed E-state index contributed by atoms with van der Waals surface area (Å²) in [6.07, 6.45) is 7.12. The highest BCUT2D eigenvalue weighted by Gasteiger charge is 2.43. The lowest BCUT2D eigenvalue weighted by Crippen LogP contribution is -2.44. The van der Waals surface area contributed by atoms with Gasteiger partial charge >= 0.3 is 0 Å². The monoisotopic (exact) mass is 202 g/mol. The molecule has 1 aliphatic carbocycles. The first-order valence-corrected chi connectivity index (χ1v) is 8.79. The Morgan fingerprint density at radius 2 is 1.67 bits per heavy atom. The van der Waals surface area contributed by atoms with E-state index in [1.807, 2.05) is 0 Å². The molecule has 1 rings (SSSR count). The van der Waals surface area contributed by atoms with Crippen LogP contribution < -0.4 is 0 Å². The first-order chi connectivity index (χ1) is 5.52. The van der Waals surface area contributed by atoms with Gasteiger partial charge in [-0.25, -0.2) is 0 Å². The standard InChI is InChI=1S/C9H22OSi2/c1-9(12(2,3)10-11)7-5-4-6-8-9/h4-8H2,1-3,11H3. The molecule has 12 heavy (non-hydrogen) atoms. The molecule has 0 aliphatic heterocycles. The van der Waals surface area contributed by atoms with Crippen LogP contribution in [0.5, 0.6) is 0 Å². The molecular formula is C9H22OSi2. The first-order valence-electron chi connectivity index (χ1n) is 5.07. The first kappa shape index (κ1) is 10.5. The second-order valence-electron chi connectivity index (χ2n) is 4.84. The van der Waals surface area contributed by atoms with E-state index in [1.165, 1.54) is 32.1 Å². The van der Waals surface area contributed by atoms with Crippen LogP contribution in [0.15, 0.2) is 0 Å². The van der Waals surface area contributed by atoms with Crippen LogP contribution in [0.25, 0.3) is 0 Å². The Morgan fingerprint density at radius 3 is 2.08 bits per heavy atom. The van der Waals surface area contributed by atoms with Crippen LogP contribution in [0.2, 0.25) is 18.1 Å². The third-order valence-electron chi connectivity index (χ3n) is 3.92. The summed E-state index contributed by atoms with van der Waals surface area (Å²) < 4.78 is 5.86. The van der Waals surface area contributed by atoms with Crippen molar-refractivity contribution in [1.82, 2.24) is 0 Å². The fraction of sp³-hybridized carbons (Fsp3) is 1.00. The molecule has 3 heteroatoms. The Balaban J connectivity index is 2.68. The van der Waals surface area contributed by atoms with Crippen LogP contribution in [0, 0.1) is 0 Å². The molecule has 1 nitrogen and oxygen atoms in total. The molecule has 0 radical (unpaired) electrons. The smallest absolute Gasteiger partial charge is 0.178 e. The summed E-state index contributed by atoms with van der Waals surface area (Å²) in [6.45, 7) is 7.24. The molecule has 0 unspecified atom stereocenters. The minimum Gasteiger partial charge on any atom is -0.463 e. The summed E-state index contributed by atoms with van der Waals surface area (Å²) in [7, 11) is -0.413. The van der Waals surface area contributed by atoms with Gasteiger partial charge in [-0.1, -0.05) is 26.2 Å². The largest absolute Gasteiger partial charge is 0.463 e. The lowest BCUT2D eigenvalue weighted by atomic mass is 9.90. The molecule has 0 bridgehead atoms. The normalized spacial score (nSPS) is 24.2. The van der Waals surface area contributed by atoms with E-state index in [4.69, 9.17) is 4.12 Å². The Morgan fingerprint density at radius 1 is 1.17 bits per heavy atom. The van der Waals surface area contributed by atoms with Crippen LogP contribution in [-0.2, 0) is 4.12 Å². The van der Waals surface area contributed by atoms with Crippen molar-refractivity contribution in [2.75, 3.05) is 0 Å². The van der Waals surface area contributed by atoms with E-state index < -0.39 is 8.32 Å². The predicted molar refractivity (Wildman–Crippen MR) is 60.0 cm³/mol. The van der Waals surface area contributed by atoms with Gasteiger partial charge in [0.1, 0.15) is 10.5 Å². The summed E-state index contributed by atoms with van der Waals surface area (Å²) in [5.74, 6) is 0. The van der Waals surface area contributed by atoms with Gasteiger partial charge < -0.3 is 4.12 Å². The summed E-state index contributed by atoms with van der Waals surface area (Å²) in [5, 5.41) is 0.576.